The van der Waals surface area contributed by atoms with Crippen molar-refractivity contribution in [2.75, 3.05) is 32.7 Å². The minimum Gasteiger partial charge on any atom is -0.332 e. The smallest absolute Gasteiger partial charge is 0.260 e. The normalized spacial score (nSPS) is 18.3. The number of aryl methyl sites for hydroxylation is 1. The van der Waals surface area contributed by atoms with Gasteiger partial charge in [0.25, 0.3) is 10.0 Å². The predicted octanol–water partition coefficient (Wildman–Crippen LogP) is -0.198. The molecule has 0 amide bonds. The van der Waals surface area contributed by atoms with Crippen molar-refractivity contribution < 1.29 is 8.42 Å². The highest BCUT2D eigenvalue weighted by molar-refractivity contribution is 7.89. The molecule has 19 heavy (non-hydrogen) atoms. The second-order valence-electron chi connectivity index (χ2n) is 4.39. The van der Waals surface area contributed by atoms with E-state index in [4.69, 9.17) is 5.26 Å². The first-order valence-electron chi connectivity index (χ1n) is 6.21. The van der Waals surface area contributed by atoms with Crippen LogP contribution in [0, 0.1) is 11.3 Å². The number of nitrogens with one attached hydrogen (secondary N) is 1. The summed E-state index contributed by atoms with van der Waals surface area (Å²) in [6.45, 7) is 4.24. The van der Waals surface area contributed by atoms with Crippen LogP contribution in [-0.4, -0.2) is 60.3 Å². The summed E-state index contributed by atoms with van der Waals surface area (Å²) >= 11 is 0. The predicted molar refractivity (Wildman–Crippen MR) is 68.8 cm³/mol. The van der Waals surface area contributed by atoms with Gasteiger partial charge in [-0.25, -0.2) is 13.4 Å². The van der Waals surface area contributed by atoms with E-state index < -0.39 is 10.0 Å². The molecule has 1 aliphatic heterocycles. The summed E-state index contributed by atoms with van der Waals surface area (Å²) in [5.41, 5.74) is 0. The van der Waals surface area contributed by atoms with Gasteiger partial charge in [-0.1, -0.05) is 6.92 Å². The van der Waals surface area contributed by atoms with E-state index in [1.807, 2.05) is 11.8 Å². The fourth-order valence-electron chi connectivity index (χ4n) is 2.02. The maximum absolute atomic E-state index is 12.4. The van der Waals surface area contributed by atoms with Crippen molar-refractivity contribution in [3.63, 3.8) is 0 Å². The van der Waals surface area contributed by atoms with E-state index in [9.17, 15) is 8.42 Å². The molecule has 1 aromatic rings. The molecule has 104 valence electrons. The van der Waals surface area contributed by atoms with E-state index in [1.54, 1.807) is 0 Å². The molecule has 0 spiro atoms. The Morgan fingerprint density at radius 3 is 2.63 bits per heavy atom. The van der Waals surface area contributed by atoms with Crippen LogP contribution in [0.25, 0.3) is 0 Å². The van der Waals surface area contributed by atoms with Gasteiger partial charge in [-0.15, -0.1) is 0 Å². The van der Waals surface area contributed by atoms with Crippen molar-refractivity contribution >= 4 is 10.0 Å². The van der Waals surface area contributed by atoms with Crippen LogP contribution < -0.4 is 0 Å². The average molecular weight is 283 g/mol. The van der Waals surface area contributed by atoms with Crippen molar-refractivity contribution in [3.8, 4) is 6.07 Å². The van der Waals surface area contributed by atoms with Crippen LogP contribution in [0.15, 0.2) is 11.2 Å². The van der Waals surface area contributed by atoms with Crippen molar-refractivity contribution in [3.05, 3.63) is 12.0 Å². The molecular weight excluding hydrogens is 266 g/mol. The molecule has 1 aromatic heterocycles. The first-order chi connectivity index (χ1) is 9.07. The standard InChI is InChI=1S/C11H17N5O2S/c1-2-10-13-9-11(14-10)19(17,18)16-7-5-15(4-3-12)6-8-16/h9H,2,4-8H2,1H3,(H,13,14). The number of imidazole rings is 1. The summed E-state index contributed by atoms with van der Waals surface area (Å²) in [6, 6.07) is 2.08. The Hall–Kier alpha value is -1.43. The summed E-state index contributed by atoms with van der Waals surface area (Å²) in [7, 11) is -3.48. The number of hydrogen-bond donors (Lipinski definition) is 1. The first-order valence-corrected chi connectivity index (χ1v) is 7.65. The number of nitriles is 1. The molecule has 2 heterocycles. The molecule has 7 nitrogen and oxygen atoms in total. The third-order valence-electron chi connectivity index (χ3n) is 3.18. The van der Waals surface area contributed by atoms with Crippen LogP contribution in [0.2, 0.25) is 0 Å². The second kappa shape index (κ2) is 5.69. The molecule has 1 aliphatic rings. The number of nitrogens with zero attached hydrogens (tertiary/aromatic N) is 4. The van der Waals surface area contributed by atoms with Gasteiger partial charge >= 0.3 is 0 Å². The molecule has 0 unspecified atom stereocenters. The fourth-order valence-corrected chi connectivity index (χ4v) is 3.38. The fraction of sp³-hybridized carbons (Fsp3) is 0.636. The number of aromatic nitrogens is 2. The molecule has 0 aromatic carbocycles. The van der Waals surface area contributed by atoms with Crippen molar-refractivity contribution in [2.24, 2.45) is 0 Å². The number of rotatable bonds is 4. The zero-order chi connectivity index (χ0) is 13.9. The topological polar surface area (TPSA) is 93.1 Å². The summed E-state index contributed by atoms with van der Waals surface area (Å²) in [5, 5.41) is 8.77. The Morgan fingerprint density at radius 2 is 2.11 bits per heavy atom. The average Bonchev–Trinajstić information content (AvgIpc) is 2.89. The van der Waals surface area contributed by atoms with Crippen LogP contribution in [-0.2, 0) is 16.4 Å². The molecular formula is C11H17N5O2S. The third-order valence-corrected chi connectivity index (χ3v) is 4.99. The maximum Gasteiger partial charge on any atom is 0.260 e. The number of piperazine rings is 1. The van der Waals surface area contributed by atoms with Gasteiger partial charge in [0.2, 0.25) is 0 Å². The van der Waals surface area contributed by atoms with E-state index in [2.05, 4.69) is 16.0 Å². The van der Waals surface area contributed by atoms with Gasteiger partial charge in [0.05, 0.1) is 18.8 Å². The Morgan fingerprint density at radius 1 is 1.42 bits per heavy atom. The van der Waals surface area contributed by atoms with Crippen molar-refractivity contribution in [1.82, 2.24) is 19.2 Å². The van der Waals surface area contributed by atoms with E-state index in [0.29, 0.717) is 45.0 Å². The molecule has 0 saturated carbocycles. The lowest BCUT2D eigenvalue weighted by atomic mass is 10.4. The largest absolute Gasteiger partial charge is 0.332 e. The van der Waals surface area contributed by atoms with Gasteiger partial charge in [0.15, 0.2) is 5.03 Å². The van der Waals surface area contributed by atoms with Gasteiger partial charge in [-0.05, 0) is 0 Å². The SMILES string of the molecule is CCc1ncc(S(=O)(=O)N2CCN(CC#N)CC2)[nH]1. The minimum absolute atomic E-state index is 0.151. The van der Waals surface area contributed by atoms with E-state index in [-0.39, 0.29) is 5.03 Å². The molecule has 0 bridgehead atoms. The summed E-state index contributed by atoms with van der Waals surface area (Å²) in [4.78, 5) is 8.80. The highest BCUT2D eigenvalue weighted by atomic mass is 32.2. The van der Waals surface area contributed by atoms with Crippen LogP contribution in [0.5, 0.6) is 0 Å². The number of sulfonamides is 1. The summed E-state index contributed by atoms with van der Waals surface area (Å²) in [6.07, 6.45) is 2.04. The van der Waals surface area contributed by atoms with Gasteiger partial charge in [-0.3, -0.25) is 4.90 Å². The number of hydrogen-bond acceptors (Lipinski definition) is 5. The van der Waals surface area contributed by atoms with Gasteiger partial charge < -0.3 is 4.98 Å². The molecule has 0 aliphatic carbocycles. The van der Waals surface area contributed by atoms with Crippen LogP contribution in [0.4, 0.5) is 0 Å². The first kappa shape index (κ1) is 14.0. The lowest BCUT2D eigenvalue weighted by Gasteiger charge is -2.32. The number of aromatic amines is 1. The van der Waals surface area contributed by atoms with Crippen LogP contribution >= 0.6 is 0 Å². The Bertz CT molecular complexity index is 566. The number of H-pyrrole nitrogens is 1. The van der Waals surface area contributed by atoms with Gasteiger partial charge in [-0.2, -0.15) is 9.57 Å². The van der Waals surface area contributed by atoms with E-state index >= 15 is 0 Å². The van der Waals surface area contributed by atoms with Crippen LogP contribution in [0.1, 0.15) is 12.7 Å². The molecule has 0 atom stereocenters. The highest BCUT2D eigenvalue weighted by Gasteiger charge is 2.29. The van der Waals surface area contributed by atoms with Gasteiger partial charge in [0.1, 0.15) is 5.82 Å². The minimum atomic E-state index is -3.48. The zero-order valence-electron chi connectivity index (χ0n) is 10.8. The Kier molecular flexibility index (Phi) is 4.19. The third kappa shape index (κ3) is 2.94. The maximum atomic E-state index is 12.4. The summed E-state index contributed by atoms with van der Waals surface area (Å²) in [5.74, 6) is 0.668. The van der Waals surface area contributed by atoms with E-state index in [0.717, 1.165) is 0 Å². The highest BCUT2D eigenvalue weighted by Crippen LogP contribution is 2.15. The van der Waals surface area contributed by atoms with Crippen LogP contribution in [0.3, 0.4) is 0 Å². The van der Waals surface area contributed by atoms with Gasteiger partial charge in [0, 0.05) is 32.6 Å². The Labute approximate surface area is 112 Å². The summed E-state index contributed by atoms with van der Waals surface area (Å²) < 4.78 is 26.1. The molecule has 0 radical (unpaired) electrons. The second-order valence-corrected chi connectivity index (χ2v) is 6.29. The molecule has 2 rings (SSSR count). The lowest BCUT2D eigenvalue weighted by molar-refractivity contribution is 0.206. The van der Waals surface area contributed by atoms with E-state index in [1.165, 1.54) is 10.5 Å². The molecule has 1 N–H and O–H groups in total. The lowest BCUT2D eigenvalue weighted by Crippen LogP contribution is -2.48. The quantitative estimate of drug-likeness (QED) is 0.773. The Balaban J connectivity index is 2.07. The van der Waals surface area contributed by atoms with Crippen molar-refractivity contribution in [2.45, 2.75) is 18.4 Å². The monoisotopic (exact) mass is 283 g/mol. The molecule has 1 fully saturated rings. The molecule has 8 heteroatoms. The zero-order valence-corrected chi connectivity index (χ0v) is 11.7. The molecule has 1 saturated heterocycles. The van der Waals surface area contributed by atoms with Crippen molar-refractivity contribution in [1.29, 1.82) is 5.26 Å².